The molecule has 0 radical (unpaired) electrons. The van der Waals surface area contributed by atoms with Gasteiger partial charge >= 0.3 is 0 Å². The van der Waals surface area contributed by atoms with Gasteiger partial charge in [-0.15, -0.1) is 0 Å². The summed E-state index contributed by atoms with van der Waals surface area (Å²) in [4.78, 5) is 0. The zero-order chi connectivity index (χ0) is 2.71. The smallest absolute Gasteiger partial charge is 0 e. The molecule has 0 bridgehead atoms. The third-order valence-corrected chi connectivity index (χ3v) is 0. The molecule has 0 fully saturated rings. The minimum atomic E-state index is 0. The van der Waals surface area contributed by atoms with Crippen molar-refractivity contribution in [1.29, 1.82) is 0 Å². The van der Waals surface area contributed by atoms with E-state index < -0.39 is 0 Å². The Balaban J connectivity index is 0. The molecule has 4 heavy (non-hydrogen) atoms. The van der Waals surface area contributed by atoms with E-state index in [1.807, 2.05) is 0 Å². The second-order valence-corrected chi connectivity index (χ2v) is 0.333. The van der Waals surface area contributed by atoms with Crippen LogP contribution in [0.3, 0.4) is 0 Å². The third-order valence-electron chi connectivity index (χ3n) is 0. The molecule has 0 spiro atoms. The molecular formula is C3H5Ni-. The van der Waals surface area contributed by atoms with Crippen LogP contribution in [0.1, 0.15) is 6.92 Å². The van der Waals surface area contributed by atoms with E-state index in [-0.39, 0.29) is 16.5 Å². The molecule has 0 saturated heterocycles. The van der Waals surface area contributed by atoms with Crippen molar-refractivity contribution < 1.29 is 16.5 Å². The van der Waals surface area contributed by atoms with E-state index >= 15 is 0 Å². The van der Waals surface area contributed by atoms with E-state index in [2.05, 4.69) is 0 Å². The molecule has 0 aliphatic rings. The Morgan fingerprint density at radius 2 is 1.75 bits per heavy atom. The van der Waals surface area contributed by atoms with Crippen LogP contribution in [-0.2, 0) is 16.5 Å². The van der Waals surface area contributed by atoms with Crippen LogP contribution in [-0.4, -0.2) is 0 Å². The Morgan fingerprint density at radius 1 is 1.75 bits per heavy atom. The molecule has 0 amide bonds. The summed E-state index contributed by atoms with van der Waals surface area (Å²) >= 11 is 0. The van der Waals surface area contributed by atoms with Gasteiger partial charge in [-0.05, 0) is 0 Å². The van der Waals surface area contributed by atoms with E-state index in [0.717, 1.165) is 0 Å². The zero-order valence-corrected chi connectivity index (χ0v) is 3.46. The fourth-order valence-corrected chi connectivity index (χ4v) is 0. The van der Waals surface area contributed by atoms with Crippen LogP contribution in [0, 0.1) is 6.58 Å². The monoisotopic (exact) mass is 99.0 g/mol. The number of hydrogen-bond acceptors (Lipinski definition) is 0. The molecule has 0 nitrogen and oxygen atoms in total. The topological polar surface area (TPSA) is 0 Å². The zero-order valence-electron chi connectivity index (χ0n) is 2.47. The third kappa shape index (κ3) is 62.3. The van der Waals surface area contributed by atoms with Gasteiger partial charge in [-0.1, -0.05) is 6.92 Å². The van der Waals surface area contributed by atoms with Gasteiger partial charge in [0.25, 0.3) is 0 Å². The number of rotatable bonds is 0. The standard InChI is InChI=1S/C3H5.Ni/c1-3-2;/h1,3H,2H3;/q-1;. The summed E-state index contributed by atoms with van der Waals surface area (Å²) in [6.45, 7) is 6.50. The number of allylic oxidation sites excluding steroid dienone is 1. The first-order chi connectivity index (χ1) is 1.41. The first kappa shape index (κ1) is 8.87. The SMILES string of the molecule is [CH-]=CC.[Ni]. The summed E-state index contributed by atoms with van der Waals surface area (Å²) in [5.74, 6) is 0. The van der Waals surface area contributed by atoms with Crippen molar-refractivity contribution in [3.8, 4) is 0 Å². The second-order valence-electron chi connectivity index (χ2n) is 0.333. The van der Waals surface area contributed by atoms with Gasteiger partial charge in [0.05, 0.1) is 0 Å². The molecule has 0 aromatic carbocycles. The summed E-state index contributed by atoms with van der Waals surface area (Å²) in [6, 6.07) is 0. The fraction of sp³-hybridized carbons (Fsp3) is 0.333. The van der Waals surface area contributed by atoms with Gasteiger partial charge < -0.3 is 6.58 Å². The first-order valence-corrected chi connectivity index (χ1v) is 0.911. The van der Waals surface area contributed by atoms with E-state index in [1.165, 1.54) is 6.08 Å². The minimum Gasteiger partial charge on any atom is -0.518 e. The minimum absolute atomic E-state index is 0. The molecule has 0 aliphatic heterocycles. The molecule has 1 heteroatoms. The van der Waals surface area contributed by atoms with Crippen molar-refractivity contribution in [3.05, 3.63) is 12.7 Å². The quantitative estimate of drug-likeness (QED) is 0.314. The molecule has 0 rings (SSSR count). The summed E-state index contributed by atoms with van der Waals surface area (Å²) in [6.07, 6.45) is 1.50. The average Bonchev–Trinajstić information content (AvgIpc) is 0.918. The van der Waals surface area contributed by atoms with Crippen molar-refractivity contribution in [2.24, 2.45) is 0 Å². The van der Waals surface area contributed by atoms with Gasteiger partial charge in [0.2, 0.25) is 0 Å². The summed E-state index contributed by atoms with van der Waals surface area (Å²) < 4.78 is 0. The van der Waals surface area contributed by atoms with Crippen molar-refractivity contribution in [3.63, 3.8) is 0 Å². The Hall–Kier alpha value is 0.234. The normalized spacial score (nSPS) is 3.25. The van der Waals surface area contributed by atoms with Gasteiger partial charge in [0.15, 0.2) is 0 Å². The van der Waals surface area contributed by atoms with Crippen molar-refractivity contribution in [1.82, 2.24) is 0 Å². The van der Waals surface area contributed by atoms with Crippen molar-refractivity contribution in [2.75, 3.05) is 0 Å². The van der Waals surface area contributed by atoms with E-state index in [1.54, 1.807) is 6.92 Å². The summed E-state index contributed by atoms with van der Waals surface area (Å²) in [5, 5.41) is 0. The molecular weight excluding hydrogens is 94.7 g/mol. The van der Waals surface area contributed by atoms with Crippen molar-refractivity contribution >= 4 is 0 Å². The molecule has 0 saturated carbocycles. The molecule has 28 valence electrons. The Morgan fingerprint density at radius 3 is 1.75 bits per heavy atom. The predicted molar refractivity (Wildman–Crippen MR) is 14.5 cm³/mol. The molecule has 0 aliphatic carbocycles. The van der Waals surface area contributed by atoms with Crippen LogP contribution in [0.25, 0.3) is 0 Å². The van der Waals surface area contributed by atoms with Gasteiger partial charge in [0.1, 0.15) is 0 Å². The maximum atomic E-state index is 4.72. The van der Waals surface area contributed by atoms with Gasteiger partial charge in [-0.2, -0.15) is 0 Å². The first-order valence-electron chi connectivity index (χ1n) is 0.911. The molecule has 0 aromatic rings. The van der Waals surface area contributed by atoms with Crippen LogP contribution < -0.4 is 0 Å². The average molecular weight is 99.8 g/mol. The number of hydrogen-bond donors (Lipinski definition) is 0. The van der Waals surface area contributed by atoms with Gasteiger partial charge in [0, 0.05) is 16.5 Å². The largest absolute Gasteiger partial charge is 0.518 e. The Kier molecular flexibility index (Phi) is 23.5. The van der Waals surface area contributed by atoms with E-state index in [4.69, 9.17) is 6.58 Å². The molecule has 0 aromatic heterocycles. The second kappa shape index (κ2) is 10.6. The van der Waals surface area contributed by atoms with Crippen LogP contribution in [0.15, 0.2) is 6.08 Å². The maximum Gasteiger partial charge on any atom is 0 e. The molecule has 0 N–H and O–H groups in total. The maximum absolute atomic E-state index is 4.72. The Bertz CT molecular complexity index is 10.8. The van der Waals surface area contributed by atoms with Crippen LogP contribution in [0.2, 0.25) is 0 Å². The molecule has 0 heterocycles. The molecule has 0 atom stereocenters. The Labute approximate surface area is 36.8 Å². The molecule has 0 unspecified atom stereocenters. The van der Waals surface area contributed by atoms with Gasteiger partial charge in [-0.25, -0.2) is 0 Å². The van der Waals surface area contributed by atoms with Crippen molar-refractivity contribution in [2.45, 2.75) is 6.92 Å². The van der Waals surface area contributed by atoms with E-state index in [0.29, 0.717) is 0 Å². The summed E-state index contributed by atoms with van der Waals surface area (Å²) in [5.41, 5.74) is 0. The predicted octanol–water partition coefficient (Wildman–Crippen LogP) is 0.993. The van der Waals surface area contributed by atoms with E-state index in [9.17, 15) is 0 Å². The fourth-order valence-electron chi connectivity index (χ4n) is 0. The summed E-state index contributed by atoms with van der Waals surface area (Å²) in [7, 11) is 0. The van der Waals surface area contributed by atoms with Crippen LogP contribution in [0.5, 0.6) is 0 Å². The van der Waals surface area contributed by atoms with Crippen LogP contribution in [0.4, 0.5) is 0 Å². The van der Waals surface area contributed by atoms with Gasteiger partial charge in [-0.3, -0.25) is 6.08 Å². The van der Waals surface area contributed by atoms with Crippen LogP contribution >= 0.6 is 0 Å².